The van der Waals surface area contributed by atoms with E-state index < -0.39 is 5.97 Å². The summed E-state index contributed by atoms with van der Waals surface area (Å²) in [5.74, 6) is -0.392. The fraction of sp³-hybridized carbons (Fsp3) is 0.118. The van der Waals surface area contributed by atoms with Gasteiger partial charge in [-0.15, -0.1) is 0 Å². The molecule has 0 radical (unpaired) electrons. The van der Waals surface area contributed by atoms with Crippen molar-refractivity contribution in [3.05, 3.63) is 65.2 Å². The molecule has 22 heavy (non-hydrogen) atoms. The Hall–Kier alpha value is -3.13. The van der Waals surface area contributed by atoms with Crippen molar-refractivity contribution in [2.45, 2.75) is 6.92 Å². The van der Waals surface area contributed by atoms with Gasteiger partial charge in [-0.2, -0.15) is 10.4 Å². The van der Waals surface area contributed by atoms with Gasteiger partial charge in [0.05, 0.1) is 35.7 Å². The maximum atomic E-state index is 11.5. The van der Waals surface area contributed by atoms with E-state index in [1.807, 2.05) is 25.1 Å². The first-order valence-electron chi connectivity index (χ1n) is 6.63. The first-order valence-corrected chi connectivity index (χ1v) is 6.63. The van der Waals surface area contributed by atoms with Crippen LogP contribution in [0.1, 0.15) is 28.4 Å². The monoisotopic (exact) mass is 293 g/mol. The van der Waals surface area contributed by atoms with Gasteiger partial charge in [0.2, 0.25) is 0 Å². The summed E-state index contributed by atoms with van der Waals surface area (Å²) in [6.45, 7) is 1.86. The minimum atomic E-state index is -0.392. The van der Waals surface area contributed by atoms with E-state index in [1.54, 1.807) is 30.3 Å². The summed E-state index contributed by atoms with van der Waals surface area (Å²) in [7, 11) is 1.34. The molecule has 0 aliphatic carbocycles. The number of rotatable bonds is 4. The van der Waals surface area contributed by atoms with Crippen molar-refractivity contribution in [2.75, 3.05) is 12.5 Å². The highest BCUT2D eigenvalue weighted by Crippen LogP contribution is 2.12. The van der Waals surface area contributed by atoms with Crippen molar-refractivity contribution in [2.24, 2.45) is 5.10 Å². The predicted octanol–water partition coefficient (Wildman–Crippen LogP) is 3.18. The Kier molecular flexibility index (Phi) is 4.89. The Morgan fingerprint density at radius 2 is 1.91 bits per heavy atom. The van der Waals surface area contributed by atoms with Crippen LogP contribution in [0.3, 0.4) is 0 Å². The maximum absolute atomic E-state index is 11.5. The predicted molar refractivity (Wildman–Crippen MR) is 84.8 cm³/mol. The molecule has 0 aliphatic rings. The zero-order chi connectivity index (χ0) is 15.9. The summed E-state index contributed by atoms with van der Waals surface area (Å²) >= 11 is 0. The Morgan fingerprint density at radius 1 is 1.18 bits per heavy atom. The molecule has 5 heteroatoms. The second-order valence-electron chi connectivity index (χ2n) is 4.57. The van der Waals surface area contributed by atoms with Crippen LogP contribution in [0.5, 0.6) is 0 Å². The van der Waals surface area contributed by atoms with Crippen LogP contribution in [-0.4, -0.2) is 18.8 Å². The van der Waals surface area contributed by atoms with E-state index in [-0.39, 0.29) is 0 Å². The number of carbonyl (C=O) groups is 1. The van der Waals surface area contributed by atoms with Crippen LogP contribution in [0.4, 0.5) is 5.69 Å². The molecule has 0 atom stereocenters. The van der Waals surface area contributed by atoms with Crippen LogP contribution in [0, 0.1) is 11.3 Å². The SMILES string of the molecule is COC(=O)c1cccc(NN=C(C)c2ccc(C#N)cc2)c1. The van der Waals surface area contributed by atoms with Gasteiger partial charge in [0, 0.05) is 0 Å². The highest BCUT2D eigenvalue weighted by atomic mass is 16.5. The van der Waals surface area contributed by atoms with Gasteiger partial charge in [0.25, 0.3) is 0 Å². The molecule has 2 rings (SSSR count). The Balaban J connectivity index is 2.13. The van der Waals surface area contributed by atoms with Crippen molar-refractivity contribution in [1.82, 2.24) is 0 Å². The average molecular weight is 293 g/mol. The van der Waals surface area contributed by atoms with Crippen molar-refractivity contribution >= 4 is 17.4 Å². The molecule has 0 unspecified atom stereocenters. The average Bonchev–Trinajstić information content (AvgIpc) is 2.59. The minimum Gasteiger partial charge on any atom is -0.465 e. The lowest BCUT2D eigenvalue weighted by Gasteiger charge is -2.05. The summed E-state index contributed by atoms with van der Waals surface area (Å²) in [4.78, 5) is 11.5. The van der Waals surface area contributed by atoms with E-state index in [9.17, 15) is 4.79 Å². The molecule has 1 N–H and O–H groups in total. The first-order chi connectivity index (χ1) is 10.6. The van der Waals surface area contributed by atoms with E-state index in [2.05, 4.69) is 21.3 Å². The van der Waals surface area contributed by atoms with Gasteiger partial charge in [-0.1, -0.05) is 18.2 Å². The second kappa shape index (κ2) is 7.04. The molecule has 110 valence electrons. The topological polar surface area (TPSA) is 74.5 Å². The van der Waals surface area contributed by atoms with Crippen LogP contribution < -0.4 is 5.43 Å². The molecule has 2 aromatic carbocycles. The van der Waals surface area contributed by atoms with Crippen molar-refractivity contribution in [3.63, 3.8) is 0 Å². The van der Waals surface area contributed by atoms with E-state index >= 15 is 0 Å². The second-order valence-corrected chi connectivity index (χ2v) is 4.57. The quantitative estimate of drug-likeness (QED) is 0.533. The number of nitrogens with one attached hydrogen (secondary N) is 1. The lowest BCUT2D eigenvalue weighted by molar-refractivity contribution is 0.0601. The summed E-state index contributed by atoms with van der Waals surface area (Å²) in [5.41, 5.74) is 6.34. The number of benzene rings is 2. The molecule has 0 aromatic heterocycles. The number of anilines is 1. The van der Waals surface area contributed by atoms with Crippen LogP contribution in [0.2, 0.25) is 0 Å². The number of hydrogen-bond acceptors (Lipinski definition) is 5. The highest BCUT2D eigenvalue weighted by molar-refractivity contribution is 5.99. The highest BCUT2D eigenvalue weighted by Gasteiger charge is 2.05. The Labute approximate surface area is 128 Å². The molecular weight excluding hydrogens is 278 g/mol. The van der Waals surface area contributed by atoms with Gasteiger partial charge in [0.1, 0.15) is 0 Å². The van der Waals surface area contributed by atoms with Gasteiger partial charge in [0.15, 0.2) is 0 Å². The summed E-state index contributed by atoms with van der Waals surface area (Å²) in [6, 6.07) is 16.1. The lowest BCUT2D eigenvalue weighted by Crippen LogP contribution is -2.03. The van der Waals surface area contributed by atoms with Crippen molar-refractivity contribution in [3.8, 4) is 6.07 Å². The summed E-state index contributed by atoms with van der Waals surface area (Å²) in [6.07, 6.45) is 0. The van der Waals surface area contributed by atoms with Crippen LogP contribution in [0.25, 0.3) is 0 Å². The number of carbonyl (C=O) groups excluding carboxylic acids is 1. The zero-order valence-corrected chi connectivity index (χ0v) is 12.3. The molecule has 0 fully saturated rings. The first kappa shape index (κ1) is 15.3. The van der Waals surface area contributed by atoms with Crippen molar-refractivity contribution in [1.29, 1.82) is 5.26 Å². The van der Waals surface area contributed by atoms with Gasteiger partial charge in [-0.3, -0.25) is 5.43 Å². The van der Waals surface area contributed by atoms with Gasteiger partial charge >= 0.3 is 5.97 Å². The van der Waals surface area contributed by atoms with Crippen molar-refractivity contribution < 1.29 is 9.53 Å². The van der Waals surface area contributed by atoms with E-state index in [1.165, 1.54) is 7.11 Å². The number of ether oxygens (including phenoxy) is 1. The zero-order valence-electron chi connectivity index (χ0n) is 12.3. The number of hydrogen-bond donors (Lipinski definition) is 1. The molecule has 0 bridgehead atoms. The molecule has 0 saturated heterocycles. The number of esters is 1. The molecule has 0 aliphatic heterocycles. The van der Waals surface area contributed by atoms with Crippen LogP contribution in [-0.2, 0) is 4.74 Å². The molecule has 2 aromatic rings. The summed E-state index contributed by atoms with van der Waals surface area (Å²) < 4.78 is 4.68. The maximum Gasteiger partial charge on any atom is 0.337 e. The number of hydrazone groups is 1. The standard InChI is InChI=1S/C17H15N3O2/c1-12(14-8-6-13(11-18)7-9-14)19-20-16-5-3-4-15(10-16)17(21)22-2/h3-10,20H,1-2H3. The molecule has 0 saturated carbocycles. The minimum absolute atomic E-state index is 0.392. The fourth-order valence-electron chi connectivity index (χ4n) is 1.83. The van der Waals surface area contributed by atoms with Gasteiger partial charge in [-0.05, 0) is 42.8 Å². The van der Waals surface area contributed by atoms with E-state index in [4.69, 9.17) is 5.26 Å². The lowest BCUT2D eigenvalue weighted by atomic mass is 10.1. The third-order valence-corrected chi connectivity index (χ3v) is 3.07. The van der Waals surface area contributed by atoms with Crippen LogP contribution >= 0.6 is 0 Å². The largest absolute Gasteiger partial charge is 0.465 e. The Morgan fingerprint density at radius 3 is 2.55 bits per heavy atom. The van der Waals surface area contributed by atoms with E-state index in [0.717, 1.165) is 11.3 Å². The van der Waals surface area contributed by atoms with Gasteiger partial charge < -0.3 is 4.74 Å². The third-order valence-electron chi connectivity index (χ3n) is 3.07. The Bertz CT molecular complexity index is 743. The normalized spacial score (nSPS) is 10.7. The number of nitriles is 1. The molecule has 0 heterocycles. The smallest absolute Gasteiger partial charge is 0.337 e. The van der Waals surface area contributed by atoms with Crippen LogP contribution in [0.15, 0.2) is 53.6 Å². The molecule has 0 amide bonds. The van der Waals surface area contributed by atoms with E-state index in [0.29, 0.717) is 16.8 Å². The molecule has 5 nitrogen and oxygen atoms in total. The third kappa shape index (κ3) is 3.70. The summed E-state index contributed by atoms with van der Waals surface area (Å²) in [5, 5.41) is 13.1. The number of nitrogens with zero attached hydrogens (tertiary/aromatic N) is 2. The van der Waals surface area contributed by atoms with Gasteiger partial charge in [-0.25, -0.2) is 4.79 Å². The fourth-order valence-corrected chi connectivity index (χ4v) is 1.83. The molecule has 0 spiro atoms. The molecular formula is C17H15N3O2. The number of methoxy groups -OCH3 is 1.